The molecule has 0 radical (unpaired) electrons. The highest BCUT2D eigenvalue weighted by Gasteiger charge is 2.14. The fourth-order valence-electron chi connectivity index (χ4n) is 2.37. The van der Waals surface area contributed by atoms with Crippen LogP contribution in [0.1, 0.15) is 23.4 Å². The van der Waals surface area contributed by atoms with Gasteiger partial charge in [0.15, 0.2) is 0 Å². The highest BCUT2D eigenvalue weighted by Crippen LogP contribution is 2.27. The van der Waals surface area contributed by atoms with Crippen molar-refractivity contribution in [2.45, 2.75) is 26.7 Å². The van der Waals surface area contributed by atoms with Crippen LogP contribution in [0.5, 0.6) is 0 Å². The maximum absolute atomic E-state index is 6.27. The van der Waals surface area contributed by atoms with E-state index in [1.807, 2.05) is 30.8 Å². The largest absolute Gasteiger partial charge is 0.320 e. The summed E-state index contributed by atoms with van der Waals surface area (Å²) in [7, 11) is 1.97. The first-order valence-electron chi connectivity index (χ1n) is 6.69. The van der Waals surface area contributed by atoms with E-state index in [0.29, 0.717) is 10.0 Å². The van der Waals surface area contributed by atoms with Crippen LogP contribution in [-0.4, -0.2) is 23.4 Å². The molecule has 5 heteroatoms. The average molecular weight is 312 g/mol. The number of benzene rings is 1. The Morgan fingerprint density at radius 1 is 1.25 bits per heavy atom. The minimum atomic E-state index is 0.616. The SMILES string of the molecule is CNCCCc1c(C)nn(-c2ccc(Cl)cc2Cl)c1C. The van der Waals surface area contributed by atoms with Crippen molar-refractivity contribution >= 4 is 23.2 Å². The van der Waals surface area contributed by atoms with Gasteiger partial charge in [-0.2, -0.15) is 5.10 Å². The second kappa shape index (κ2) is 6.61. The van der Waals surface area contributed by atoms with Crippen molar-refractivity contribution in [1.29, 1.82) is 0 Å². The molecule has 0 fully saturated rings. The lowest BCUT2D eigenvalue weighted by molar-refractivity contribution is 0.720. The molecular formula is C15H19Cl2N3. The molecule has 0 saturated heterocycles. The molecule has 0 aliphatic heterocycles. The minimum Gasteiger partial charge on any atom is -0.320 e. The van der Waals surface area contributed by atoms with Crippen LogP contribution in [0.15, 0.2) is 18.2 Å². The van der Waals surface area contributed by atoms with E-state index in [0.717, 1.165) is 36.5 Å². The summed E-state index contributed by atoms with van der Waals surface area (Å²) in [5.74, 6) is 0. The van der Waals surface area contributed by atoms with Gasteiger partial charge in [0.05, 0.1) is 16.4 Å². The van der Waals surface area contributed by atoms with Crippen molar-refractivity contribution in [2.24, 2.45) is 0 Å². The molecule has 0 unspecified atom stereocenters. The van der Waals surface area contributed by atoms with E-state index in [1.54, 1.807) is 6.07 Å². The molecule has 1 aromatic heterocycles. The highest BCUT2D eigenvalue weighted by atomic mass is 35.5. The first kappa shape index (κ1) is 15.4. The third-order valence-electron chi connectivity index (χ3n) is 3.43. The number of aromatic nitrogens is 2. The third-order valence-corrected chi connectivity index (χ3v) is 3.97. The Labute approximate surface area is 129 Å². The van der Waals surface area contributed by atoms with Gasteiger partial charge < -0.3 is 5.32 Å². The second-order valence-corrected chi connectivity index (χ2v) is 5.71. The van der Waals surface area contributed by atoms with E-state index in [2.05, 4.69) is 17.3 Å². The maximum atomic E-state index is 6.27. The standard InChI is InChI=1S/C15H19Cl2N3/c1-10-13(5-4-8-18-3)11(2)20(19-10)15-7-6-12(16)9-14(15)17/h6-7,9,18H,4-5,8H2,1-3H3. The number of nitrogens with zero attached hydrogens (tertiary/aromatic N) is 2. The second-order valence-electron chi connectivity index (χ2n) is 4.86. The first-order chi connectivity index (χ1) is 9.54. The van der Waals surface area contributed by atoms with E-state index in [4.69, 9.17) is 23.2 Å². The zero-order chi connectivity index (χ0) is 14.7. The summed E-state index contributed by atoms with van der Waals surface area (Å²) in [6, 6.07) is 5.48. The number of rotatable bonds is 5. The fraction of sp³-hybridized carbons (Fsp3) is 0.400. The molecule has 2 rings (SSSR count). The van der Waals surface area contributed by atoms with Gasteiger partial charge in [-0.3, -0.25) is 0 Å². The van der Waals surface area contributed by atoms with Crippen molar-refractivity contribution in [3.8, 4) is 5.69 Å². The molecule has 0 amide bonds. The molecule has 0 aliphatic carbocycles. The lowest BCUT2D eigenvalue weighted by Gasteiger charge is -2.08. The lowest BCUT2D eigenvalue weighted by Crippen LogP contribution is -2.09. The van der Waals surface area contributed by atoms with Crippen molar-refractivity contribution in [3.63, 3.8) is 0 Å². The summed E-state index contributed by atoms with van der Waals surface area (Å²) >= 11 is 12.2. The van der Waals surface area contributed by atoms with Gasteiger partial charge in [-0.1, -0.05) is 23.2 Å². The van der Waals surface area contributed by atoms with E-state index in [9.17, 15) is 0 Å². The molecule has 2 aromatic rings. The van der Waals surface area contributed by atoms with E-state index in [1.165, 1.54) is 5.56 Å². The first-order valence-corrected chi connectivity index (χ1v) is 7.45. The van der Waals surface area contributed by atoms with Crippen LogP contribution in [0, 0.1) is 13.8 Å². The molecule has 108 valence electrons. The third kappa shape index (κ3) is 3.17. The molecule has 20 heavy (non-hydrogen) atoms. The van der Waals surface area contributed by atoms with Crippen molar-refractivity contribution in [1.82, 2.24) is 15.1 Å². The van der Waals surface area contributed by atoms with Gasteiger partial charge in [-0.15, -0.1) is 0 Å². The Morgan fingerprint density at radius 3 is 2.65 bits per heavy atom. The Morgan fingerprint density at radius 2 is 2.00 bits per heavy atom. The van der Waals surface area contributed by atoms with Gasteiger partial charge >= 0.3 is 0 Å². The van der Waals surface area contributed by atoms with Crippen LogP contribution < -0.4 is 5.32 Å². The zero-order valence-electron chi connectivity index (χ0n) is 12.0. The number of hydrogen-bond acceptors (Lipinski definition) is 2. The molecule has 1 aromatic carbocycles. The average Bonchev–Trinajstić information content (AvgIpc) is 2.67. The quantitative estimate of drug-likeness (QED) is 0.847. The van der Waals surface area contributed by atoms with Crippen LogP contribution in [0.4, 0.5) is 0 Å². The number of aryl methyl sites for hydroxylation is 1. The summed E-state index contributed by atoms with van der Waals surface area (Å²) in [4.78, 5) is 0. The molecule has 3 nitrogen and oxygen atoms in total. The van der Waals surface area contributed by atoms with Gasteiger partial charge in [0, 0.05) is 10.7 Å². The van der Waals surface area contributed by atoms with Gasteiger partial charge in [0.25, 0.3) is 0 Å². The molecule has 0 aliphatic rings. The van der Waals surface area contributed by atoms with Gasteiger partial charge in [-0.25, -0.2) is 4.68 Å². The topological polar surface area (TPSA) is 29.9 Å². The molecule has 1 heterocycles. The summed E-state index contributed by atoms with van der Waals surface area (Å²) in [6.45, 7) is 5.13. The molecule has 0 atom stereocenters. The van der Waals surface area contributed by atoms with E-state index < -0.39 is 0 Å². The predicted molar refractivity (Wildman–Crippen MR) is 85.3 cm³/mol. The molecule has 1 N–H and O–H groups in total. The van der Waals surface area contributed by atoms with E-state index >= 15 is 0 Å². The predicted octanol–water partition coefficient (Wildman–Crippen LogP) is 3.95. The maximum Gasteiger partial charge on any atom is 0.0836 e. The summed E-state index contributed by atoms with van der Waals surface area (Å²) < 4.78 is 1.91. The van der Waals surface area contributed by atoms with Crippen LogP contribution in [-0.2, 0) is 6.42 Å². The molecular weight excluding hydrogens is 293 g/mol. The van der Waals surface area contributed by atoms with Crippen LogP contribution in [0.3, 0.4) is 0 Å². The fourth-order valence-corrected chi connectivity index (χ4v) is 2.85. The lowest BCUT2D eigenvalue weighted by atomic mass is 10.1. The van der Waals surface area contributed by atoms with Crippen LogP contribution >= 0.6 is 23.2 Å². The van der Waals surface area contributed by atoms with Gasteiger partial charge in [-0.05, 0) is 64.0 Å². The molecule has 0 saturated carbocycles. The number of nitrogens with one attached hydrogen (secondary N) is 1. The van der Waals surface area contributed by atoms with Crippen LogP contribution in [0.2, 0.25) is 10.0 Å². The normalized spacial score (nSPS) is 11.1. The van der Waals surface area contributed by atoms with E-state index in [-0.39, 0.29) is 0 Å². The number of halogens is 2. The van der Waals surface area contributed by atoms with Crippen molar-refractivity contribution in [2.75, 3.05) is 13.6 Å². The van der Waals surface area contributed by atoms with Crippen LogP contribution in [0.25, 0.3) is 5.69 Å². The van der Waals surface area contributed by atoms with Crippen molar-refractivity contribution < 1.29 is 0 Å². The summed E-state index contributed by atoms with van der Waals surface area (Å²) in [6.07, 6.45) is 2.11. The smallest absolute Gasteiger partial charge is 0.0836 e. The summed E-state index contributed by atoms with van der Waals surface area (Å²) in [5, 5.41) is 9.04. The summed E-state index contributed by atoms with van der Waals surface area (Å²) in [5.41, 5.74) is 4.37. The Kier molecular flexibility index (Phi) is 5.08. The molecule has 0 bridgehead atoms. The Hall–Kier alpha value is -1.03. The number of hydrogen-bond donors (Lipinski definition) is 1. The van der Waals surface area contributed by atoms with Gasteiger partial charge in [0.2, 0.25) is 0 Å². The van der Waals surface area contributed by atoms with Crippen molar-refractivity contribution in [3.05, 3.63) is 45.2 Å². The Bertz CT molecular complexity index is 605. The molecule has 0 spiro atoms. The van der Waals surface area contributed by atoms with Gasteiger partial charge in [0.1, 0.15) is 0 Å². The minimum absolute atomic E-state index is 0.616. The monoisotopic (exact) mass is 311 g/mol. The highest BCUT2D eigenvalue weighted by molar-refractivity contribution is 6.35. The Balaban J connectivity index is 2.35. The zero-order valence-corrected chi connectivity index (χ0v) is 13.5.